The number of benzene rings is 1. The molecule has 0 radical (unpaired) electrons. The van der Waals surface area contributed by atoms with Crippen molar-refractivity contribution < 1.29 is 9.90 Å². The summed E-state index contributed by atoms with van der Waals surface area (Å²) in [5.41, 5.74) is 1.36. The van der Waals surface area contributed by atoms with Gasteiger partial charge in [-0.3, -0.25) is 0 Å². The first kappa shape index (κ1) is 16.0. The summed E-state index contributed by atoms with van der Waals surface area (Å²) in [6.07, 6.45) is 4.68. The molecule has 0 saturated carbocycles. The van der Waals surface area contributed by atoms with Gasteiger partial charge in [0.15, 0.2) is 0 Å². The van der Waals surface area contributed by atoms with Gasteiger partial charge in [-0.05, 0) is 70.5 Å². The molecule has 0 bridgehead atoms. The predicted molar refractivity (Wildman–Crippen MR) is 84.9 cm³/mol. The molecule has 1 saturated heterocycles. The van der Waals surface area contributed by atoms with Gasteiger partial charge in [-0.15, -0.1) is 0 Å². The summed E-state index contributed by atoms with van der Waals surface area (Å²) >= 11 is 0. The average Bonchev–Trinajstić information content (AvgIpc) is 2.98. The van der Waals surface area contributed by atoms with Crippen molar-refractivity contribution in [2.45, 2.75) is 25.7 Å². The zero-order chi connectivity index (χ0) is 15.1. The first-order valence-electron chi connectivity index (χ1n) is 7.89. The first-order chi connectivity index (χ1) is 10.2. The van der Waals surface area contributed by atoms with E-state index >= 15 is 0 Å². The molecule has 116 valence electrons. The second-order valence-corrected chi connectivity index (χ2v) is 5.92. The largest absolute Gasteiger partial charge is 0.478 e. The summed E-state index contributed by atoms with van der Waals surface area (Å²) in [7, 11) is 2.12. The van der Waals surface area contributed by atoms with Crippen LogP contribution in [0.15, 0.2) is 24.3 Å². The fourth-order valence-corrected chi connectivity index (χ4v) is 2.94. The maximum absolute atomic E-state index is 11.2. The topological polar surface area (TPSA) is 43.8 Å². The highest BCUT2D eigenvalue weighted by Crippen LogP contribution is 2.11. The van der Waals surface area contributed by atoms with E-state index in [1.165, 1.54) is 38.9 Å². The molecule has 1 aliphatic heterocycles. The lowest BCUT2D eigenvalue weighted by molar-refractivity contribution is 0.0695. The normalized spacial score (nSPS) is 15.7. The third-order valence-electron chi connectivity index (χ3n) is 4.22. The number of rotatable bonds is 8. The zero-order valence-corrected chi connectivity index (χ0v) is 12.9. The molecular formula is C17H26N2O2. The van der Waals surface area contributed by atoms with E-state index in [4.69, 9.17) is 0 Å². The number of carboxylic acid groups (broad SMARTS) is 1. The Labute approximate surface area is 127 Å². The third kappa shape index (κ3) is 5.14. The molecule has 0 atom stereocenters. The molecule has 1 aliphatic rings. The Morgan fingerprint density at radius 3 is 2.67 bits per heavy atom. The molecule has 0 unspecified atom stereocenters. The van der Waals surface area contributed by atoms with Crippen LogP contribution in [0.4, 0.5) is 0 Å². The van der Waals surface area contributed by atoms with E-state index in [1.807, 2.05) is 12.1 Å². The van der Waals surface area contributed by atoms with Gasteiger partial charge in [-0.1, -0.05) is 18.2 Å². The van der Waals surface area contributed by atoms with E-state index < -0.39 is 5.97 Å². The van der Waals surface area contributed by atoms with Crippen LogP contribution in [0.1, 0.15) is 35.2 Å². The maximum Gasteiger partial charge on any atom is 0.335 e. The van der Waals surface area contributed by atoms with E-state index in [9.17, 15) is 9.90 Å². The van der Waals surface area contributed by atoms with Gasteiger partial charge in [0.2, 0.25) is 0 Å². The van der Waals surface area contributed by atoms with E-state index in [-0.39, 0.29) is 0 Å². The lowest BCUT2D eigenvalue weighted by Crippen LogP contribution is -2.27. The maximum atomic E-state index is 11.2. The molecule has 1 aromatic rings. The minimum Gasteiger partial charge on any atom is -0.478 e. The van der Waals surface area contributed by atoms with Crippen molar-refractivity contribution in [3.8, 4) is 0 Å². The van der Waals surface area contributed by atoms with Gasteiger partial charge in [0.1, 0.15) is 0 Å². The molecule has 0 spiro atoms. The monoisotopic (exact) mass is 290 g/mol. The van der Waals surface area contributed by atoms with Crippen molar-refractivity contribution in [1.29, 1.82) is 0 Å². The SMILES string of the molecule is CN(CCCN1CCCC1)CCc1ccccc1C(=O)O. The van der Waals surface area contributed by atoms with Gasteiger partial charge in [-0.2, -0.15) is 0 Å². The van der Waals surface area contributed by atoms with Crippen molar-refractivity contribution in [3.05, 3.63) is 35.4 Å². The van der Waals surface area contributed by atoms with Crippen molar-refractivity contribution in [3.63, 3.8) is 0 Å². The van der Waals surface area contributed by atoms with Crippen LogP contribution in [0.5, 0.6) is 0 Å². The molecule has 4 nitrogen and oxygen atoms in total. The third-order valence-corrected chi connectivity index (χ3v) is 4.22. The number of nitrogens with zero attached hydrogens (tertiary/aromatic N) is 2. The zero-order valence-electron chi connectivity index (χ0n) is 12.9. The van der Waals surface area contributed by atoms with Gasteiger partial charge >= 0.3 is 5.97 Å². The van der Waals surface area contributed by atoms with Crippen LogP contribution in [-0.2, 0) is 6.42 Å². The highest BCUT2D eigenvalue weighted by atomic mass is 16.4. The molecule has 2 rings (SSSR count). The number of hydrogen-bond donors (Lipinski definition) is 1. The van der Waals surface area contributed by atoms with E-state index in [1.54, 1.807) is 12.1 Å². The van der Waals surface area contributed by atoms with Crippen molar-refractivity contribution >= 4 is 5.97 Å². The van der Waals surface area contributed by atoms with Gasteiger partial charge < -0.3 is 14.9 Å². The lowest BCUT2D eigenvalue weighted by atomic mass is 10.0. The second-order valence-electron chi connectivity index (χ2n) is 5.92. The second kappa shape index (κ2) is 8.15. The van der Waals surface area contributed by atoms with Gasteiger partial charge in [0, 0.05) is 6.54 Å². The number of carbonyl (C=O) groups is 1. The molecule has 0 amide bonds. The molecule has 21 heavy (non-hydrogen) atoms. The minimum absolute atomic E-state index is 0.433. The van der Waals surface area contributed by atoms with Gasteiger partial charge in [0.25, 0.3) is 0 Å². The highest BCUT2D eigenvalue weighted by Gasteiger charge is 2.12. The Bertz CT molecular complexity index is 456. The van der Waals surface area contributed by atoms with Crippen LogP contribution < -0.4 is 0 Å². The number of carboxylic acids is 1. The Hall–Kier alpha value is -1.39. The van der Waals surface area contributed by atoms with Crippen LogP contribution in [0.25, 0.3) is 0 Å². The van der Waals surface area contributed by atoms with E-state index in [0.29, 0.717) is 5.56 Å². The Balaban J connectivity index is 1.71. The Kier molecular flexibility index (Phi) is 6.21. The summed E-state index contributed by atoms with van der Waals surface area (Å²) in [5.74, 6) is -0.831. The summed E-state index contributed by atoms with van der Waals surface area (Å²) < 4.78 is 0. The van der Waals surface area contributed by atoms with Gasteiger partial charge in [-0.25, -0.2) is 4.79 Å². The Morgan fingerprint density at radius 2 is 1.95 bits per heavy atom. The smallest absolute Gasteiger partial charge is 0.335 e. The molecule has 1 N–H and O–H groups in total. The van der Waals surface area contributed by atoms with Crippen molar-refractivity contribution in [1.82, 2.24) is 9.80 Å². The lowest BCUT2D eigenvalue weighted by Gasteiger charge is -2.20. The van der Waals surface area contributed by atoms with E-state index in [0.717, 1.165) is 25.1 Å². The fraction of sp³-hybridized carbons (Fsp3) is 0.588. The molecule has 0 aromatic heterocycles. The average molecular weight is 290 g/mol. The van der Waals surface area contributed by atoms with Crippen LogP contribution in [0, 0.1) is 0 Å². The number of likely N-dealkylation sites (tertiary alicyclic amines) is 1. The van der Waals surface area contributed by atoms with E-state index in [2.05, 4.69) is 16.8 Å². The molecule has 0 aliphatic carbocycles. The summed E-state index contributed by atoms with van der Waals surface area (Å²) in [4.78, 5) is 16.0. The van der Waals surface area contributed by atoms with Crippen LogP contribution in [-0.4, -0.2) is 60.6 Å². The van der Waals surface area contributed by atoms with Crippen LogP contribution in [0.3, 0.4) is 0 Å². The standard InChI is InChI=1S/C17H26N2O2/c1-18(10-6-13-19-11-4-5-12-19)14-9-15-7-2-3-8-16(15)17(20)21/h2-3,7-8H,4-6,9-14H2,1H3,(H,20,21). The number of aromatic carboxylic acids is 1. The highest BCUT2D eigenvalue weighted by molar-refractivity contribution is 5.89. The quantitative estimate of drug-likeness (QED) is 0.798. The summed E-state index contributed by atoms with van der Waals surface area (Å²) in [6.45, 7) is 5.69. The molecule has 1 heterocycles. The van der Waals surface area contributed by atoms with Crippen molar-refractivity contribution in [2.24, 2.45) is 0 Å². The van der Waals surface area contributed by atoms with Crippen LogP contribution >= 0.6 is 0 Å². The first-order valence-corrected chi connectivity index (χ1v) is 7.89. The minimum atomic E-state index is -0.831. The fourth-order valence-electron chi connectivity index (χ4n) is 2.94. The summed E-state index contributed by atoms with van der Waals surface area (Å²) in [6, 6.07) is 7.30. The predicted octanol–water partition coefficient (Wildman–Crippen LogP) is 2.34. The van der Waals surface area contributed by atoms with Gasteiger partial charge in [0.05, 0.1) is 5.56 Å². The van der Waals surface area contributed by atoms with Crippen molar-refractivity contribution in [2.75, 3.05) is 39.8 Å². The summed E-state index contributed by atoms with van der Waals surface area (Å²) in [5, 5.41) is 9.17. The molecule has 4 heteroatoms. The molecule has 1 aromatic carbocycles. The Morgan fingerprint density at radius 1 is 1.24 bits per heavy atom. The molecular weight excluding hydrogens is 264 g/mol. The van der Waals surface area contributed by atoms with Crippen LogP contribution in [0.2, 0.25) is 0 Å². The number of likely N-dealkylation sites (N-methyl/N-ethyl adjacent to an activating group) is 1. The molecule has 1 fully saturated rings. The number of hydrogen-bond acceptors (Lipinski definition) is 3.